The Morgan fingerprint density at radius 1 is 1.44 bits per heavy atom. The second kappa shape index (κ2) is 6.32. The van der Waals surface area contributed by atoms with Crippen LogP contribution in [0.3, 0.4) is 0 Å². The summed E-state index contributed by atoms with van der Waals surface area (Å²) in [5, 5.41) is 13.5. The second-order valence-corrected chi connectivity index (χ2v) is 3.89. The van der Waals surface area contributed by atoms with E-state index in [-0.39, 0.29) is 25.1 Å². The third-order valence-electron chi connectivity index (χ3n) is 2.54. The van der Waals surface area contributed by atoms with E-state index in [2.05, 4.69) is 10.6 Å². The summed E-state index contributed by atoms with van der Waals surface area (Å²) in [5.41, 5.74) is 0. The van der Waals surface area contributed by atoms with Gasteiger partial charge in [0, 0.05) is 20.2 Å². The first-order chi connectivity index (χ1) is 7.63. The number of carboxylic acids is 1. The van der Waals surface area contributed by atoms with E-state index in [1.807, 2.05) is 0 Å². The molecule has 0 aliphatic heterocycles. The van der Waals surface area contributed by atoms with Crippen LogP contribution in [0.4, 0.5) is 4.79 Å². The highest BCUT2D eigenvalue weighted by molar-refractivity contribution is 5.74. The number of hydrogen-bond donors (Lipinski definition) is 3. The summed E-state index contributed by atoms with van der Waals surface area (Å²) in [5.74, 6) is -0.364. The molecule has 0 aromatic rings. The molecule has 0 saturated heterocycles. The molecule has 1 atom stereocenters. The lowest BCUT2D eigenvalue weighted by Crippen LogP contribution is -2.41. The van der Waals surface area contributed by atoms with Crippen LogP contribution in [0.2, 0.25) is 0 Å². The molecule has 0 spiro atoms. The summed E-state index contributed by atoms with van der Waals surface area (Å²) >= 11 is 0. The lowest BCUT2D eigenvalue weighted by Gasteiger charge is -2.15. The predicted molar refractivity (Wildman–Crippen MR) is 57.2 cm³/mol. The maximum Gasteiger partial charge on any atom is 0.314 e. The molecule has 92 valence electrons. The predicted octanol–water partition coefficient (Wildman–Crippen LogP) is 0.185. The van der Waals surface area contributed by atoms with Crippen molar-refractivity contribution in [3.05, 3.63) is 0 Å². The molecular weight excluding hydrogens is 212 g/mol. The average Bonchev–Trinajstić information content (AvgIpc) is 3.02. The van der Waals surface area contributed by atoms with E-state index >= 15 is 0 Å². The van der Waals surface area contributed by atoms with Crippen LogP contribution in [0.1, 0.15) is 19.3 Å². The summed E-state index contributed by atoms with van der Waals surface area (Å²) in [6, 6.07) is -0.344. The van der Waals surface area contributed by atoms with Gasteiger partial charge in [-0.25, -0.2) is 4.79 Å². The lowest BCUT2D eigenvalue weighted by molar-refractivity contribution is -0.136. The number of carboxylic acid groups (broad SMARTS) is 1. The molecule has 1 aliphatic carbocycles. The minimum absolute atomic E-state index is 0.0657. The van der Waals surface area contributed by atoms with Gasteiger partial charge in [-0.1, -0.05) is 0 Å². The van der Waals surface area contributed by atoms with Crippen molar-refractivity contribution in [1.29, 1.82) is 0 Å². The minimum Gasteiger partial charge on any atom is -0.481 e. The topological polar surface area (TPSA) is 87.7 Å². The Bertz CT molecular complexity index is 253. The first-order valence-corrected chi connectivity index (χ1v) is 5.39. The first kappa shape index (κ1) is 12.8. The number of rotatable bonds is 7. The Kier molecular flexibility index (Phi) is 5.04. The SMILES string of the molecule is COC(CNC(=O)NCCC(=O)O)C1CC1. The normalized spacial score (nSPS) is 16.6. The molecule has 6 heteroatoms. The standard InChI is InChI=1S/C10H18N2O4/c1-16-8(7-2-3-7)6-12-10(15)11-5-4-9(13)14/h7-8H,2-6H2,1H3,(H,13,14)(H2,11,12,15). The molecule has 0 heterocycles. The number of ether oxygens (including phenoxy) is 1. The van der Waals surface area contributed by atoms with Crippen molar-refractivity contribution in [3.63, 3.8) is 0 Å². The van der Waals surface area contributed by atoms with Crippen LogP contribution < -0.4 is 10.6 Å². The van der Waals surface area contributed by atoms with Crippen LogP contribution in [-0.2, 0) is 9.53 Å². The summed E-state index contributed by atoms with van der Waals surface area (Å²) in [7, 11) is 1.63. The van der Waals surface area contributed by atoms with Crippen LogP contribution in [0, 0.1) is 5.92 Å². The molecule has 1 rings (SSSR count). The number of amides is 2. The first-order valence-electron chi connectivity index (χ1n) is 5.39. The number of hydrogen-bond acceptors (Lipinski definition) is 3. The van der Waals surface area contributed by atoms with Crippen molar-refractivity contribution >= 4 is 12.0 Å². The molecule has 6 nitrogen and oxygen atoms in total. The minimum atomic E-state index is -0.923. The van der Waals surface area contributed by atoms with Crippen LogP contribution in [0.15, 0.2) is 0 Å². The average molecular weight is 230 g/mol. The van der Waals surface area contributed by atoms with Gasteiger partial charge in [0.1, 0.15) is 0 Å². The number of carbonyl (C=O) groups excluding carboxylic acids is 1. The largest absolute Gasteiger partial charge is 0.481 e. The van der Waals surface area contributed by atoms with Crippen LogP contribution in [0.5, 0.6) is 0 Å². The zero-order valence-electron chi connectivity index (χ0n) is 9.36. The summed E-state index contributed by atoms with van der Waals surface area (Å²) in [6.07, 6.45) is 2.32. The number of urea groups is 1. The van der Waals surface area contributed by atoms with Gasteiger partial charge in [0.15, 0.2) is 0 Å². The number of carbonyl (C=O) groups is 2. The summed E-state index contributed by atoms with van der Waals surface area (Å²) in [4.78, 5) is 21.4. The van der Waals surface area contributed by atoms with Gasteiger partial charge in [-0.05, 0) is 18.8 Å². The van der Waals surface area contributed by atoms with E-state index in [0.29, 0.717) is 12.5 Å². The van der Waals surface area contributed by atoms with Crippen molar-refractivity contribution in [2.24, 2.45) is 5.92 Å². The molecule has 1 unspecified atom stereocenters. The van der Waals surface area contributed by atoms with Crippen molar-refractivity contribution < 1.29 is 19.4 Å². The molecule has 0 aromatic carbocycles. The second-order valence-electron chi connectivity index (χ2n) is 3.89. The van der Waals surface area contributed by atoms with Gasteiger partial charge >= 0.3 is 12.0 Å². The smallest absolute Gasteiger partial charge is 0.314 e. The molecule has 3 N–H and O–H groups in total. The summed E-state index contributed by atoms with van der Waals surface area (Å²) < 4.78 is 5.23. The van der Waals surface area contributed by atoms with Gasteiger partial charge < -0.3 is 20.5 Å². The van der Waals surface area contributed by atoms with E-state index in [0.717, 1.165) is 12.8 Å². The molecule has 2 amide bonds. The maximum absolute atomic E-state index is 11.2. The summed E-state index contributed by atoms with van der Waals surface area (Å²) in [6.45, 7) is 0.613. The van der Waals surface area contributed by atoms with E-state index in [9.17, 15) is 9.59 Å². The Morgan fingerprint density at radius 3 is 2.62 bits per heavy atom. The molecule has 0 aromatic heterocycles. The fourth-order valence-corrected chi connectivity index (χ4v) is 1.45. The van der Waals surface area contributed by atoms with Crippen molar-refractivity contribution in [3.8, 4) is 0 Å². The highest BCUT2D eigenvalue weighted by atomic mass is 16.5. The molecule has 1 fully saturated rings. The molecular formula is C10H18N2O4. The van der Waals surface area contributed by atoms with E-state index in [4.69, 9.17) is 9.84 Å². The van der Waals surface area contributed by atoms with E-state index in [1.54, 1.807) is 7.11 Å². The number of nitrogens with one attached hydrogen (secondary N) is 2. The third-order valence-corrected chi connectivity index (χ3v) is 2.54. The third kappa shape index (κ3) is 4.97. The van der Waals surface area contributed by atoms with Crippen molar-refractivity contribution in [2.45, 2.75) is 25.4 Å². The highest BCUT2D eigenvalue weighted by Gasteiger charge is 2.31. The van der Waals surface area contributed by atoms with Gasteiger partial charge in [0.25, 0.3) is 0 Å². The molecule has 1 aliphatic rings. The van der Waals surface area contributed by atoms with E-state index in [1.165, 1.54) is 0 Å². The van der Waals surface area contributed by atoms with Gasteiger partial charge in [-0.3, -0.25) is 4.79 Å². The van der Waals surface area contributed by atoms with Crippen molar-refractivity contribution in [2.75, 3.05) is 20.2 Å². The molecule has 16 heavy (non-hydrogen) atoms. The Morgan fingerprint density at radius 2 is 2.12 bits per heavy atom. The maximum atomic E-state index is 11.2. The van der Waals surface area contributed by atoms with Crippen LogP contribution in [-0.4, -0.2) is 43.4 Å². The molecule has 0 radical (unpaired) electrons. The number of aliphatic carboxylic acids is 1. The van der Waals surface area contributed by atoms with Gasteiger partial charge in [0.2, 0.25) is 0 Å². The lowest BCUT2D eigenvalue weighted by atomic mass is 10.2. The van der Waals surface area contributed by atoms with Gasteiger partial charge in [0.05, 0.1) is 12.5 Å². The quantitative estimate of drug-likeness (QED) is 0.582. The Balaban J connectivity index is 2.06. The van der Waals surface area contributed by atoms with Crippen molar-refractivity contribution in [1.82, 2.24) is 10.6 Å². The fraction of sp³-hybridized carbons (Fsp3) is 0.800. The van der Waals surface area contributed by atoms with E-state index < -0.39 is 5.97 Å². The zero-order chi connectivity index (χ0) is 12.0. The van der Waals surface area contributed by atoms with Crippen LogP contribution in [0.25, 0.3) is 0 Å². The molecule has 1 saturated carbocycles. The highest BCUT2D eigenvalue weighted by Crippen LogP contribution is 2.33. The Hall–Kier alpha value is -1.30. The van der Waals surface area contributed by atoms with Gasteiger partial charge in [-0.2, -0.15) is 0 Å². The zero-order valence-corrected chi connectivity index (χ0v) is 9.36. The Labute approximate surface area is 94.3 Å². The molecule has 0 bridgehead atoms. The fourth-order valence-electron chi connectivity index (χ4n) is 1.45. The van der Waals surface area contributed by atoms with Gasteiger partial charge in [-0.15, -0.1) is 0 Å². The monoisotopic (exact) mass is 230 g/mol. The van der Waals surface area contributed by atoms with Crippen LogP contribution >= 0.6 is 0 Å². The number of methoxy groups -OCH3 is 1.